The maximum atomic E-state index is 13.0. The molecule has 3 amide bonds. The quantitative estimate of drug-likeness (QED) is 0.0792. The Morgan fingerprint density at radius 1 is 0.841 bits per heavy atom. The normalized spacial score (nSPS) is 17.7. The first-order valence-electron chi connectivity index (χ1n) is 20.6. The lowest BCUT2D eigenvalue weighted by molar-refractivity contribution is -0.137. The molecule has 63 heavy (non-hydrogen) atoms. The molecular formula is C44H56N4O12S3. The number of fused-ring (bicyclic) bond motifs is 2. The number of allylic oxidation sites excluding steroid dienone is 3. The van der Waals surface area contributed by atoms with Gasteiger partial charge in [0.05, 0.1) is 16.4 Å². The minimum atomic E-state index is -4.64. The molecule has 0 aliphatic carbocycles. The van der Waals surface area contributed by atoms with Crippen molar-refractivity contribution in [2.45, 2.75) is 82.4 Å². The number of hydrogen-bond acceptors (Lipinski definition) is 11. The van der Waals surface area contributed by atoms with E-state index in [1.165, 1.54) is 18.2 Å². The molecule has 1 unspecified atom stereocenters. The van der Waals surface area contributed by atoms with Crippen LogP contribution in [0.25, 0.3) is 16.8 Å². The second kappa shape index (κ2) is 19.4. The van der Waals surface area contributed by atoms with Crippen molar-refractivity contribution < 1.29 is 53.3 Å². The Morgan fingerprint density at radius 3 is 2.13 bits per heavy atom. The van der Waals surface area contributed by atoms with Crippen LogP contribution < -0.4 is 15.1 Å². The van der Waals surface area contributed by atoms with Gasteiger partial charge in [0, 0.05) is 73.8 Å². The largest absolute Gasteiger partial charge is 0.372 e. The summed E-state index contributed by atoms with van der Waals surface area (Å²) in [6, 6.07) is 14.4. The van der Waals surface area contributed by atoms with Crippen molar-refractivity contribution in [2.24, 2.45) is 0 Å². The maximum Gasteiger partial charge on any atom is 0.294 e. The van der Waals surface area contributed by atoms with Crippen LogP contribution in [0.1, 0.15) is 83.4 Å². The Labute approximate surface area is 370 Å². The van der Waals surface area contributed by atoms with Gasteiger partial charge in [0.25, 0.3) is 42.2 Å². The van der Waals surface area contributed by atoms with Crippen LogP contribution >= 0.6 is 0 Å². The number of nitrogens with zero attached hydrogens (tertiary/aromatic N) is 3. The highest BCUT2D eigenvalue weighted by Crippen LogP contribution is 2.51. The topological polar surface area (TPSA) is 236 Å². The number of hydrogen-bond donors (Lipinski definition) is 4. The average molecular weight is 929 g/mol. The molecule has 2 aliphatic heterocycles. The van der Waals surface area contributed by atoms with Crippen molar-refractivity contribution in [1.29, 1.82) is 0 Å². The minimum absolute atomic E-state index is 0.00410. The summed E-state index contributed by atoms with van der Waals surface area (Å²) in [6.07, 6.45) is 8.84. The number of nitrogens with one attached hydrogen (secondary N) is 1. The zero-order valence-electron chi connectivity index (χ0n) is 36.1. The molecule has 0 spiro atoms. The van der Waals surface area contributed by atoms with Crippen LogP contribution in [0.15, 0.2) is 83.4 Å². The highest BCUT2D eigenvalue weighted by Gasteiger charge is 2.43. The average Bonchev–Trinajstić information content (AvgIpc) is 3.61. The van der Waals surface area contributed by atoms with E-state index in [0.717, 1.165) is 44.6 Å². The summed E-state index contributed by atoms with van der Waals surface area (Å²) in [7, 11) is -13.0. The van der Waals surface area contributed by atoms with Crippen LogP contribution in [0.5, 0.6) is 0 Å². The monoisotopic (exact) mass is 928 g/mol. The lowest BCUT2D eigenvalue weighted by Crippen LogP contribution is -2.38. The molecule has 2 aliphatic rings. The predicted molar refractivity (Wildman–Crippen MR) is 243 cm³/mol. The van der Waals surface area contributed by atoms with Crippen molar-refractivity contribution in [2.75, 3.05) is 54.0 Å². The number of anilines is 2. The molecule has 4 N–H and O–H groups in total. The van der Waals surface area contributed by atoms with Gasteiger partial charge in [-0.15, -0.1) is 0 Å². The fraction of sp³-hybridized carbons (Fsp3) is 0.432. The Bertz CT molecular complexity index is 2670. The van der Waals surface area contributed by atoms with Crippen LogP contribution in [0.3, 0.4) is 0 Å². The van der Waals surface area contributed by atoms with Gasteiger partial charge in [0.1, 0.15) is 0 Å². The molecular weight excluding hydrogens is 873 g/mol. The summed E-state index contributed by atoms with van der Waals surface area (Å²) in [5, 5.41) is 4.71. The van der Waals surface area contributed by atoms with Gasteiger partial charge in [-0.05, 0) is 115 Å². The zero-order chi connectivity index (χ0) is 46.5. The highest BCUT2D eigenvalue weighted by atomic mass is 32.2. The highest BCUT2D eigenvalue weighted by molar-refractivity contribution is 7.86. The van der Waals surface area contributed by atoms with Gasteiger partial charge >= 0.3 is 0 Å². The SMILES string of the molecule is CCN(CCCS(=O)(=O)O)c1ccc2c(C(C)(C)C)cc(/C=C/C=C3\N(CCCS(=O)(=O)O)c4ccc(S(=O)(=O)O)cc4C3(C)CCCC(=O)NCCN3C(=O)C=CC3=O)cc2c1. The van der Waals surface area contributed by atoms with Gasteiger partial charge in [-0.2, -0.15) is 25.3 Å². The molecule has 16 nitrogen and oxygen atoms in total. The fourth-order valence-electron chi connectivity index (χ4n) is 8.20. The third-order valence-corrected chi connectivity index (χ3v) is 13.8. The van der Waals surface area contributed by atoms with Gasteiger partial charge in [0.15, 0.2) is 0 Å². The van der Waals surface area contributed by atoms with E-state index in [9.17, 15) is 53.3 Å². The first kappa shape index (κ1) is 49.1. The molecule has 0 aromatic heterocycles. The summed E-state index contributed by atoms with van der Waals surface area (Å²) in [6.45, 7) is 11.4. The summed E-state index contributed by atoms with van der Waals surface area (Å²) in [4.78, 5) is 41.4. The van der Waals surface area contributed by atoms with Crippen LogP contribution in [0.2, 0.25) is 0 Å². The van der Waals surface area contributed by atoms with Crippen LogP contribution in [0.4, 0.5) is 11.4 Å². The van der Waals surface area contributed by atoms with Crippen LogP contribution in [0, 0.1) is 0 Å². The van der Waals surface area contributed by atoms with Gasteiger partial charge in [-0.25, -0.2) is 0 Å². The zero-order valence-corrected chi connectivity index (χ0v) is 38.5. The number of carbonyl (C=O) groups is 3. The Hall–Kier alpha value is -4.92. The maximum absolute atomic E-state index is 13.0. The molecule has 0 saturated heterocycles. The molecule has 19 heteroatoms. The van der Waals surface area contributed by atoms with Crippen LogP contribution in [-0.4, -0.2) is 106 Å². The van der Waals surface area contributed by atoms with Crippen molar-refractivity contribution in [3.63, 3.8) is 0 Å². The summed E-state index contributed by atoms with van der Waals surface area (Å²) in [5.41, 5.74) is 3.29. The van der Waals surface area contributed by atoms with E-state index in [-0.39, 0.29) is 60.9 Å². The minimum Gasteiger partial charge on any atom is -0.372 e. The summed E-state index contributed by atoms with van der Waals surface area (Å²) in [5.74, 6) is -2.13. The van der Waals surface area contributed by atoms with E-state index >= 15 is 0 Å². The van der Waals surface area contributed by atoms with Gasteiger partial charge in [0.2, 0.25) is 5.91 Å². The lowest BCUT2D eigenvalue weighted by Gasteiger charge is -2.30. The molecule has 0 fully saturated rings. The first-order chi connectivity index (χ1) is 29.3. The van der Waals surface area contributed by atoms with Crippen molar-refractivity contribution in [3.8, 4) is 0 Å². The third-order valence-electron chi connectivity index (χ3n) is 11.3. The number of imide groups is 1. The van der Waals surface area contributed by atoms with Gasteiger partial charge in [-0.1, -0.05) is 45.1 Å². The van der Waals surface area contributed by atoms with E-state index < -0.39 is 53.3 Å². The second-order valence-corrected chi connectivity index (χ2v) is 21.6. The van der Waals surface area contributed by atoms with Gasteiger partial charge in [-0.3, -0.25) is 32.9 Å². The first-order valence-corrected chi connectivity index (χ1v) is 25.3. The summed E-state index contributed by atoms with van der Waals surface area (Å²) >= 11 is 0. The molecule has 5 rings (SSSR count). The Balaban J connectivity index is 1.51. The van der Waals surface area contributed by atoms with Crippen molar-refractivity contribution in [3.05, 3.63) is 95.2 Å². The molecule has 2 heterocycles. The van der Waals surface area contributed by atoms with Gasteiger partial charge < -0.3 is 15.1 Å². The van der Waals surface area contributed by atoms with E-state index in [4.69, 9.17) is 0 Å². The van der Waals surface area contributed by atoms with E-state index in [1.54, 1.807) is 0 Å². The smallest absolute Gasteiger partial charge is 0.294 e. The number of amides is 3. The molecule has 0 saturated carbocycles. The molecule has 3 aromatic carbocycles. The van der Waals surface area contributed by atoms with E-state index in [1.807, 2.05) is 66.1 Å². The van der Waals surface area contributed by atoms with Crippen molar-refractivity contribution >= 4 is 76.3 Å². The number of carbonyl (C=O) groups excluding carboxylic acids is 3. The number of benzene rings is 3. The van der Waals surface area contributed by atoms with Crippen LogP contribution in [-0.2, 0) is 55.6 Å². The third kappa shape index (κ3) is 12.6. The number of rotatable bonds is 20. The molecule has 3 aromatic rings. The Kier molecular flexibility index (Phi) is 15.2. The van der Waals surface area contributed by atoms with E-state index in [0.29, 0.717) is 42.9 Å². The molecule has 0 bridgehead atoms. The lowest BCUT2D eigenvalue weighted by atomic mass is 9.77. The van der Waals surface area contributed by atoms with Crippen molar-refractivity contribution in [1.82, 2.24) is 10.2 Å². The molecule has 0 radical (unpaired) electrons. The molecule has 1 atom stereocenters. The second-order valence-electron chi connectivity index (χ2n) is 17.0. The fourth-order valence-corrected chi connectivity index (χ4v) is 9.70. The Morgan fingerprint density at radius 2 is 1.51 bits per heavy atom. The van der Waals surface area contributed by atoms with E-state index in [2.05, 4.69) is 32.2 Å². The standard InChI is InChI=1S/C44H56N4O12S3/c1-6-46(22-9-25-61(52,53)54)33-14-16-35-32(29-33)27-31(28-36(35)43(2,3)4)11-7-12-39-44(5,20-8-13-40(49)45-21-24-48-41(50)18-19-42(48)51)37-30-34(63(58,59)60)15-17-38(37)47(39)23-10-26-62(55,56)57/h7,11-12,14-19,27-30H,6,8-10,13,20-26H2,1-5H3,(H,45,49)(H,52,53,54)(H,55,56,57)(H,58,59,60)/b11-7+,39-12-. The molecule has 342 valence electrons. The predicted octanol–water partition coefficient (Wildman–Crippen LogP) is 5.65. The summed E-state index contributed by atoms with van der Waals surface area (Å²) < 4.78 is 100.0.